The Morgan fingerprint density at radius 3 is 2.51 bits per heavy atom. The number of aryl methyl sites for hydroxylation is 1. The van der Waals surface area contributed by atoms with E-state index in [4.69, 9.17) is 17.3 Å². The molecule has 1 aliphatic heterocycles. The fourth-order valence-electron chi connectivity index (χ4n) is 4.65. The minimum Gasteiger partial charge on any atom is -0.382 e. The van der Waals surface area contributed by atoms with E-state index in [-0.39, 0.29) is 22.6 Å². The zero-order valence-electron chi connectivity index (χ0n) is 20.9. The topological polar surface area (TPSA) is 96.2 Å². The van der Waals surface area contributed by atoms with Crippen LogP contribution in [0.15, 0.2) is 54.6 Å². The van der Waals surface area contributed by atoms with Gasteiger partial charge in [-0.05, 0) is 90.5 Å². The first-order valence-corrected chi connectivity index (χ1v) is 14.3. The molecule has 0 atom stereocenters. The van der Waals surface area contributed by atoms with Crippen molar-refractivity contribution in [1.29, 1.82) is 0 Å². The summed E-state index contributed by atoms with van der Waals surface area (Å²) in [7, 11) is 0. The molecule has 1 fully saturated rings. The van der Waals surface area contributed by atoms with Gasteiger partial charge in [0.25, 0.3) is 5.91 Å². The SMILES string of the molecule is Nc1nc(NCc2ccc(I)cc2)c(Cl)nc1C(=O)NCCN1CCC(CCCc2ccccc2)CC1. The Morgan fingerprint density at radius 2 is 1.78 bits per heavy atom. The third kappa shape index (κ3) is 8.55. The van der Waals surface area contributed by atoms with Gasteiger partial charge < -0.3 is 21.3 Å². The van der Waals surface area contributed by atoms with Crippen molar-refractivity contribution in [2.45, 2.75) is 38.6 Å². The quantitative estimate of drug-likeness (QED) is 0.245. The Hall–Kier alpha value is -2.43. The third-order valence-corrected chi connectivity index (χ3v) is 7.79. The van der Waals surface area contributed by atoms with Crippen molar-refractivity contribution in [3.63, 3.8) is 0 Å². The lowest BCUT2D eigenvalue weighted by Crippen LogP contribution is -2.40. The smallest absolute Gasteiger partial charge is 0.273 e. The van der Waals surface area contributed by atoms with Gasteiger partial charge in [0.2, 0.25) is 0 Å². The van der Waals surface area contributed by atoms with Crippen molar-refractivity contribution in [3.8, 4) is 0 Å². The number of nitrogens with two attached hydrogens (primary N) is 1. The van der Waals surface area contributed by atoms with Crippen LogP contribution in [0.5, 0.6) is 0 Å². The first kappa shape index (κ1) is 27.6. The van der Waals surface area contributed by atoms with Gasteiger partial charge in [0, 0.05) is 23.2 Å². The number of hydrogen-bond donors (Lipinski definition) is 3. The maximum Gasteiger partial charge on any atom is 0.273 e. The molecule has 0 radical (unpaired) electrons. The molecule has 0 unspecified atom stereocenters. The molecule has 37 heavy (non-hydrogen) atoms. The highest BCUT2D eigenvalue weighted by Gasteiger charge is 2.20. The minimum atomic E-state index is -0.355. The van der Waals surface area contributed by atoms with Crippen LogP contribution in [0, 0.1) is 9.49 Å². The minimum absolute atomic E-state index is 0.0574. The number of rotatable bonds is 11. The van der Waals surface area contributed by atoms with Gasteiger partial charge in [-0.3, -0.25) is 4.79 Å². The maximum atomic E-state index is 12.7. The van der Waals surface area contributed by atoms with E-state index in [9.17, 15) is 4.79 Å². The molecule has 0 aliphatic carbocycles. The van der Waals surface area contributed by atoms with E-state index >= 15 is 0 Å². The lowest BCUT2D eigenvalue weighted by atomic mass is 9.91. The third-order valence-electron chi connectivity index (χ3n) is 6.81. The summed E-state index contributed by atoms with van der Waals surface area (Å²) in [6.45, 7) is 4.00. The Kier molecular flexibility index (Phi) is 10.4. The van der Waals surface area contributed by atoms with E-state index in [0.29, 0.717) is 18.9 Å². The monoisotopic (exact) mass is 632 g/mol. The van der Waals surface area contributed by atoms with Crippen LogP contribution in [0.1, 0.15) is 47.3 Å². The van der Waals surface area contributed by atoms with E-state index < -0.39 is 0 Å². The molecule has 196 valence electrons. The van der Waals surface area contributed by atoms with Crippen LogP contribution >= 0.6 is 34.2 Å². The number of halogens is 2. The summed E-state index contributed by atoms with van der Waals surface area (Å²) in [5.74, 6) is 0.862. The molecule has 1 amide bonds. The summed E-state index contributed by atoms with van der Waals surface area (Å²) in [6, 6.07) is 18.8. The van der Waals surface area contributed by atoms with Crippen LogP contribution in [0.25, 0.3) is 0 Å². The van der Waals surface area contributed by atoms with Gasteiger partial charge in [-0.15, -0.1) is 0 Å². The zero-order valence-corrected chi connectivity index (χ0v) is 23.8. The number of likely N-dealkylation sites (tertiary alicyclic amines) is 1. The first-order chi connectivity index (χ1) is 18.0. The number of nitrogen functional groups attached to an aromatic ring is 1. The first-order valence-electron chi connectivity index (χ1n) is 12.8. The number of carbonyl (C=O) groups is 1. The number of carbonyl (C=O) groups excluding carboxylic acids is 1. The molecule has 4 rings (SSSR count). The molecule has 7 nitrogen and oxygen atoms in total. The standard InChI is InChI=1S/C28H34ClIN6O/c29-25-27(33-19-22-9-11-23(30)12-10-22)35-26(31)24(34-25)28(37)32-15-18-36-16-13-21(14-17-36)8-4-7-20-5-2-1-3-6-20/h1-3,5-6,9-12,21H,4,7-8,13-19H2,(H,32,37)(H3,31,33,35). The molecule has 4 N–H and O–H groups in total. The lowest BCUT2D eigenvalue weighted by molar-refractivity contribution is 0.0939. The second kappa shape index (κ2) is 13.9. The van der Waals surface area contributed by atoms with Crippen molar-refractivity contribution < 1.29 is 4.79 Å². The van der Waals surface area contributed by atoms with Crippen molar-refractivity contribution in [1.82, 2.24) is 20.2 Å². The van der Waals surface area contributed by atoms with Crippen molar-refractivity contribution in [3.05, 3.63) is 80.1 Å². The van der Waals surface area contributed by atoms with Gasteiger partial charge >= 0.3 is 0 Å². The van der Waals surface area contributed by atoms with Gasteiger partial charge in [0.15, 0.2) is 22.5 Å². The second-order valence-corrected chi connectivity index (χ2v) is 11.1. The molecule has 1 aromatic heterocycles. The molecule has 9 heteroatoms. The Labute approximate surface area is 237 Å². The largest absolute Gasteiger partial charge is 0.382 e. The highest BCUT2D eigenvalue weighted by Crippen LogP contribution is 2.23. The highest BCUT2D eigenvalue weighted by atomic mass is 127. The molecule has 0 bridgehead atoms. The van der Waals surface area contributed by atoms with Crippen molar-refractivity contribution in [2.75, 3.05) is 37.2 Å². The molecule has 2 aromatic carbocycles. The molecular weight excluding hydrogens is 599 g/mol. The second-order valence-electron chi connectivity index (χ2n) is 9.50. The predicted molar refractivity (Wildman–Crippen MR) is 159 cm³/mol. The average Bonchev–Trinajstić information content (AvgIpc) is 2.91. The van der Waals surface area contributed by atoms with Crippen LogP contribution in [0.3, 0.4) is 0 Å². The summed E-state index contributed by atoms with van der Waals surface area (Å²) in [5, 5.41) is 6.18. The van der Waals surface area contributed by atoms with Crippen LogP contribution in [0.4, 0.5) is 11.6 Å². The van der Waals surface area contributed by atoms with Gasteiger partial charge in [0.05, 0.1) is 0 Å². The number of piperidine rings is 1. The fourth-order valence-corrected chi connectivity index (χ4v) is 5.20. The summed E-state index contributed by atoms with van der Waals surface area (Å²) < 4.78 is 1.16. The summed E-state index contributed by atoms with van der Waals surface area (Å²) in [5.41, 5.74) is 8.60. The molecule has 2 heterocycles. The number of benzene rings is 2. The highest BCUT2D eigenvalue weighted by molar-refractivity contribution is 14.1. The van der Waals surface area contributed by atoms with Crippen LogP contribution in [-0.2, 0) is 13.0 Å². The van der Waals surface area contributed by atoms with Gasteiger partial charge in [-0.1, -0.05) is 60.5 Å². The van der Waals surface area contributed by atoms with E-state index in [2.05, 4.69) is 78.4 Å². The fraction of sp³-hybridized carbons (Fsp3) is 0.393. The Morgan fingerprint density at radius 1 is 1.05 bits per heavy atom. The summed E-state index contributed by atoms with van der Waals surface area (Å²) in [6.07, 6.45) is 6.12. The Balaban J connectivity index is 1.16. The van der Waals surface area contributed by atoms with Crippen LogP contribution < -0.4 is 16.4 Å². The number of hydrogen-bond acceptors (Lipinski definition) is 6. The molecule has 3 aromatic rings. The summed E-state index contributed by atoms with van der Waals surface area (Å²) >= 11 is 8.56. The number of nitrogens with one attached hydrogen (secondary N) is 2. The van der Waals surface area contributed by atoms with Crippen molar-refractivity contribution in [2.24, 2.45) is 5.92 Å². The Bertz CT molecular complexity index is 1150. The lowest BCUT2D eigenvalue weighted by Gasteiger charge is -2.32. The summed E-state index contributed by atoms with van der Waals surface area (Å²) in [4.78, 5) is 23.6. The zero-order chi connectivity index (χ0) is 26.0. The van der Waals surface area contributed by atoms with Crippen molar-refractivity contribution >= 4 is 51.7 Å². The maximum absolute atomic E-state index is 12.7. The number of anilines is 2. The average molecular weight is 633 g/mol. The van der Waals surface area contributed by atoms with Crippen LogP contribution in [-0.4, -0.2) is 47.0 Å². The number of nitrogens with zero attached hydrogens (tertiary/aromatic N) is 3. The van der Waals surface area contributed by atoms with E-state index in [1.165, 1.54) is 31.2 Å². The normalized spacial score (nSPS) is 14.4. The molecular formula is C28H34ClIN6O. The van der Waals surface area contributed by atoms with Crippen LogP contribution in [0.2, 0.25) is 5.15 Å². The molecule has 0 saturated carbocycles. The van der Waals surface area contributed by atoms with Gasteiger partial charge in [0.1, 0.15) is 0 Å². The number of aromatic nitrogens is 2. The molecule has 1 saturated heterocycles. The van der Waals surface area contributed by atoms with Gasteiger partial charge in [-0.25, -0.2) is 9.97 Å². The van der Waals surface area contributed by atoms with E-state index in [1.54, 1.807) is 0 Å². The molecule has 1 aliphatic rings. The molecule has 0 spiro atoms. The van der Waals surface area contributed by atoms with E-state index in [0.717, 1.165) is 41.1 Å². The van der Waals surface area contributed by atoms with Gasteiger partial charge in [-0.2, -0.15) is 0 Å². The predicted octanol–water partition coefficient (Wildman–Crippen LogP) is 5.39. The number of amides is 1. The van der Waals surface area contributed by atoms with E-state index in [1.807, 2.05) is 24.3 Å².